The summed E-state index contributed by atoms with van der Waals surface area (Å²) in [5.41, 5.74) is 1.40. The molecule has 1 aromatic carbocycles. The third kappa shape index (κ3) is 3.15. The third-order valence-electron chi connectivity index (χ3n) is 2.49. The topological polar surface area (TPSA) is 62.2 Å². The van der Waals surface area contributed by atoms with Crippen LogP contribution in [0.3, 0.4) is 0 Å². The Morgan fingerprint density at radius 2 is 2.11 bits per heavy atom. The molecule has 0 unspecified atom stereocenters. The summed E-state index contributed by atoms with van der Waals surface area (Å²) in [5.74, 6) is -0.560. The van der Waals surface area contributed by atoms with Crippen LogP contribution in [-0.2, 0) is 0 Å². The van der Waals surface area contributed by atoms with Crippen molar-refractivity contribution in [3.05, 3.63) is 40.7 Å². The van der Waals surface area contributed by atoms with Gasteiger partial charge in [0.2, 0.25) is 0 Å². The number of nitrogens with one attached hydrogen (secondary N) is 1. The van der Waals surface area contributed by atoms with Crippen molar-refractivity contribution < 1.29 is 14.3 Å². The number of benzene rings is 1. The average Bonchev–Trinajstić information content (AvgIpc) is 2.79. The van der Waals surface area contributed by atoms with Gasteiger partial charge in [0.15, 0.2) is 0 Å². The standard InChI is InChI=1S/C13H13FN2O2S/c1-8-11(12(18)15-6-7-17)19-13(16-8)9-2-4-10(14)5-3-9/h2-5,17H,6-7H2,1H3,(H,15,18). The molecule has 0 bridgehead atoms. The summed E-state index contributed by atoms with van der Waals surface area (Å²) in [7, 11) is 0. The molecule has 2 rings (SSSR count). The average molecular weight is 280 g/mol. The molecular weight excluding hydrogens is 267 g/mol. The van der Waals surface area contributed by atoms with Gasteiger partial charge in [-0.1, -0.05) is 0 Å². The molecule has 100 valence electrons. The molecule has 0 aliphatic rings. The number of rotatable bonds is 4. The quantitative estimate of drug-likeness (QED) is 0.900. The molecule has 0 fully saturated rings. The second kappa shape index (κ2) is 5.90. The second-order valence-corrected chi connectivity index (χ2v) is 4.92. The Bertz CT molecular complexity index is 581. The van der Waals surface area contributed by atoms with Crippen LogP contribution in [-0.4, -0.2) is 29.1 Å². The zero-order valence-corrected chi connectivity index (χ0v) is 11.1. The van der Waals surface area contributed by atoms with Crippen molar-refractivity contribution in [2.24, 2.45) is 0 Å². The van der Waals surface area contributed by atoms with Crippen molar-refractivity contribution in [3.63, 3.8) is 0 Å². The Morgan fingerprint density at radius 3 is 2.74 bits per heavy atom. The zero-order valence-electron chi connectivity index (χ0n) is 10.3. The molecule has 2 N–H and O–H groups in total. The van der Waals surface area contributed by atoms with Crippen molar-refractivity contribution in [2.45, 2.75) is 6.92 Å². The molecule has 1 heterocycles. The SMILES string of the molecule is Cc1nc(-c2ccc(F)cc2)sc1C(=O)NCCO. The first kappa shape index (κ1) is 13.6. The lowest BCUT2D eigenvalue weighted by Crippen LogP contribution is -2.26. The van der Waals surface area contributed by atoms with Gasteiger partial charge in [0, 0.05) is 12.1 Å². The zero-order chi connectivity index (χ0) is 13.8. The maximum Gasteiger partial charge on any atom is 0.263 e. The van der Waals surface area contributed by atoms with Crippen molar-refractivity contribution >= 4 is 17.2 Å². The van der Waals surface area contributed by atoms with E-state index in [1.807, 2.05) is 0 Å². The molecule has 2 aromatic rings. The number of thiazole rings is 1. The maximum absolute atomic E-state index is 12.8. The van der Waals surface area contributed by atoms with E-state index >= 15 is 0 Å². The molecule has 19 heavy (non-hydrogen) atoms. The van der Waals surface area contributed by atoms with Crippen LogP contribution in [0, 0.1) is 12.7 Å². The highest BCUT2D eigenvalue weighted by Gasteiger charge is 2.15. The lowest BCUT2D eigenvalue weighted by atomic mass is 10.2. The number of aliphatic hydroxyl groups is 1. The van der Waals surface area contributed by atoms with E-state index in [1.54, 1.807) is 19.1 Å². The van der Waals surface area contributed by atoms with Gasteiger partial charge < -0.3 is 10.4 Å². The second-order valence-electron chi connectivity index (χ2n) is 3.92. The number of hydrogen-bond acceptors (Lipinski definition) is 4. The number of carbonyl (C=O) groups excluding carboxylic acids is 1. The lowest BCUT2D eigenvalue weighted by Gasteiger charge is -2.00. The van der Waals surface area contributed by atoms with E-state index in [0.29, 0.717) is 15.6 Å². The van der Waals surface area contributed by atoms with E-state index in [0.717, 1.165) is 5.56 Å². The monoisotopic (exact) mass is 280 g/mol. The first-order valence-electron chi connectivity index (χ1n) is 5.74. The van der Waals surface area contributed by atoms with Gasteiger partial charge in [0.25, 0.3) is 5.91 Å². The molecule has 4 nitrogen and oxygen atoms in total. The number of aryl methyl sites for hydroxylation is 1. The van der Waals surface area contributed by atoms with E-state index in [1.165, 1.54) is 23.5 Å². The van der Waals surface area contributed by atoms with E-state index < -0.39 is 0 Å². The normalized spacial score (nSPS) is 10.5. The Kier molecular flexibility index (Phi) is 4.24. The molecular formula is C13H13FN2O2S. The minimum atomic E-state index is -0.307. The van der Waals surface area contributed by atoms with Gasteiger partial charge >= 0.3 is 0 Å². The molecule has 0 atom stereocenters. The molecule has 1 aromatic heterocycles. The summed E-state index contributed by atoms with van der Waals surface area (Å²) in [4.78, 5) is 16.6. The molecule has 6 heteroatoms. The van der Waals surface area contributed by atoms with Crippen molar-refractivity contribution in [2.75, 3.05) is 13.2 Å². The van der Waals surface area contributed by atoms with Gasteiger partial charge in [-0.2, -0.15) is 0 Å². The first-order valence-corrected chi connectivity index (χ1v) is 6.56. The van der Waals surface area contributed by atoms with Crippen LogP contribution in [0.2, 0.25) is 0 Å². The van der Waals surface area contributed by atoms with Gasteiger partial charge in [0.05, 0.1) is 12.3 Å². The van der Waals surface area contributed by atoms with Crippen LogP contribution >= 0.6 is 11.3 Å². The smallest absolute Gasteiger partial charge is 0.263 e. The predicted octanol–water partition coefficient (Wildman–Crippen LogP) is 1.98. The summed E-state index contributed by atoms with van der Waals surface area (Å²) in [5, 5.41) is 11.9. The van der Waals surface area contributed by atoms with Gasteiger partial charge in [0.1, 0.15) is 15.7 Å². The number of amides is 1. The van der Waals surface area contributed by atoms with Gasteiger partial charge in [-0.15, -0.1) is 11.3 Å². The van der Waals surface area contributed by atoms with E-state index in [4.69, 9.17) is 5.11 Å². The minimum Gasteiger partial charge on any atom is -0.395 e. The molecule has 0 saturated carbocycles. The van der Waals surface area contributed by atoms with Crippen molar-refractivity contribution in [1.29, 1.82) is 0 Å². The first-order chi connectivity index (χ1) is 9.11. The van der Waals surface area contributed by atoms with Gasteiger partial charge in [-0.3, -0.25) is 4.79 Å². The van der Waals surface area contributed by atoms with E-state index in [-0.39, 0.29) is 24.9 Å². The number of hydrogen-bond donors (Lipinski definition) is 2. The van der Waals surface area contributed by atoms with Crippen molar-refractivity contribution in [1.82, 2.24) is 10.3 Å². The number of aromatic nitrogens is 1. The van der Waals surface area contributed by atoms with Crippen LogP contribution in [0.5, 0.6) is 0 Å². The van der Waals surface area contributed by atoms with Crippen LogP contribution in [0.4, 0.5) is 4.39 Å². The number of aliphatic hydroxyl groups excluding tert-OH is 1. The summed E-state index contributed by atoms with van der Waals surface area (Å²) in [6.07, 6.45) is 0. The number of nitrogens with zero attached hydrogens (tertiary/aromatic N) is 1. The summed E-state index contributed by atoms with van der Waals surface area (Å²) < 4.78 is 12.8. The van der Waals surface area contributed by atoms with Gasteiger partial charge in [-0.25, -0.2) is 9.37 Å². The molecule has 0 radical (unpaired) electrons. The van der Waals surface area contributed by atoms with Crippen molar-refractivity contribution in [3.8, 4) is 10.6 Å². The summed E-state index contributed by atoms with van der Waals surface area (Å²) in [6, 6.07) is 5.97. The van der Waals surface area contributed by atoms with Crippen LogP contribution in [0.15, 0.2) is 24.3 Å². The molecule has 0 spiro atoms. The largest absolute Gasteiger partial charge is 0.395 e. The Morgan fingerprint density at radius 1 is 1.42 bits per heavy atom. The number of carbonyl (C=O) groups is 1. The highest BCUT2D eigenvalue weighted by molar-refractivity contribution is 7.17. The minimum absolute atomic E-state index is 0.103. The fourth-order valence-corrected chi connectivity index (χ4v) is 2.56. The fourth-order valence-electron chi connectivity index (χ4n) is 1.57. The molecule has 1 amide bonds. The summed E-state index contributed by atoms with van der Waals surface area (Å²) >= 11 is 1.25. The lowest BCUT2D eigenvalue weighted by molar-refractivity contribution is 0.0948. The van der Waals surface area contributed by atoms with Crippen LogP contribution in [0.25, 0.3) is 10.6 Å². The van der Waals surface area contributed by atoms with Gasteiger partial charge in [-0.05, 0) is 31.2 Å². The Labute approximate surface area is 113 Å². The Balaban J connectivity index is 2.25. The molecule has 0 aliphatic heterocycles. The van der Waals surface area contributed by atoms with E-state index in [2.05, 4.69) is 10.3 Å². The highest BCUT2D eigenvalue weighted by atomic mass is 32.1. The summed E-state index contributed by atoms with van der Waals surface area (Å²) in [6.45, 7) is 1.86. The molecule has 0 saturated heterocycles. The highest BCUT2D eigenvalue weighted by Crippen LogP contribution is 2.27. The number of halogens is 1. The fraction of sp³-hybridized carbons (Fsp3) is 0.231. The Hall–Kier alpha value is -1.79. The van der Waals surface area contributed by atoms with Crippen LogP contribution < -0.4 is 5.32 Å². The molecule has 0 aliphatic carbocycles. The van der Waals surface area contributed by atoms with Crippen LogP contribution in [0.1, 0.15) is 15.4 Å². The maximum atomic E-state index is 12.8. The van der Waals surface area contributed by atoms with E-state index in [9.17, 15) is 9.18 Å². The third-order valence-corrected chi connectivity index (χ3v) is 3.70. The predicted molar refractivity (Wildman–Crippen MR) is 71.7 cm³/mol.